The molecule has 0 saturated carbocycles. The molecule has 0 aromatic heterocycles. The van der Waals surface area contributed by atoms with Gasteiger partial charge < -0.3 is 15.6 Å². The molecule has 0 bridgehead atoms. The summed E-state index contributed by atoms with van der Waals surface area (Å²) in [4.78, 5) is 2.53. The van der Waals surface area contributed by atoms with E-state index in [2.05, 4.69) is 41.3 Å². The summed E-state index contributed by atoms with van der Waals surface area (Å²) in [6.45, 7) is 9.63. The average Bonchev–Trinajstić information content (AvgIpc) is 2.78. The third kappa shape index (κ3) is 5.00. The number of phenols is 1. The van der Waals surface area contributed by atoms with Gasteiger partial charge in [0.15, 0.2) is 0 Å². The summed E-state index contributed by atoms with van der Waals surface area (Å²) >= 11 is 0. The monoisotopic (exact) mass is 396 g/mol. The van der Waals surface area contributed by atoms with Crippen molar-refractivity contribution >= 4 is 0 Å². The Labute approximate surface area is 175 Å². The van der Waals surface area contributed by atoms with E-state index in [1.54, 1.807) is 0 Å². The number of nitrogens with zero attached hydrogens (tertiary/aromatic N) is 1. The number of nitrogens with two attached hydrogens (primary N) is 1. The van der Waals surface area contributed by atoms with E-state index >= 15 is 0 Å². The number of likely N-dealkylation sites (tertiary alicyclic amines) is 1. The molecule has 2 heterocycles. The number of rotatable bonds is 4. The predicted octanol–water partition coefficient (Wildman–Crippen LogP) is 4.58. The van der Waals surface area contributed by atoms with Crippen LogP contribution in [0.2, 0.25) is 0 Å². The zero-order valence-electron chi connectivity index (χ0n) is 18.1. The first-order valence-corrected chi connectivity index (χ1v) is 11.1. The van der Waals surface area contributed by atoms with E-state index in [0.29, 0.717) is 18.2 Å². The number of piperidine rings is 1. The van der Waals surface area contributed by atoms with E-state index in [1.807, 2.05) is 26.8 Å². The summed E-state index contributed by atoms with van der Waals surface area (Å²) in [5.74, 6) is 0.958. The van der Waals surface area contributed by atoms with Crippen molar-refractivity contribution in [2.75, 3.05) is 19.6 Å². The van der Waals surface area contributed by atoms with Gasteiger partial charge >= 0.3 is 0 Å². The molecule has 2 aromatic rings. The van der Waals surface area contributed by atoms with Gasteiger partial charge in [0.2, 0.25) is 0 Å². The van der Waals surface area contributed by atoms with Gasteiger partial charge in [0.25, 0.3) is 0 Å². The molecule has 158 valence electrons. The fourth-order valence-corrected chi connectivity index (χ4v) is 4.60. The molecule has 0 aliphatic carbocycles. The molecule has 0 radical (unpaired) electrons. The number of ether oxygens (including phenoxy) is 1. The molecule has 3 N–H and O–H groups in total. The quantitative estimate of drug-likeness (QED) is 0.794. The van der Waals surface area contributed by atoms with E-state index in [9.17, 15) is 5.11 Å². The molecular formula is C25H36N2O2. The molecule has 2 aromatic carbocycles. The van der Waals surface area contributed by atoms with Crippen LogP contribution in [-0.4, -0.2) is 35.7 Å². The molecule has 1 fully saturated rings. The van der Waals surface area contributed by atoms with Crippen LogP contribution in [0.25, 0.3) is 0 Å². The Balaban J connectivity index is 0.00000117. The molecule has 29 heavy (non-hydrogen) atoms. The van der Waals surface area contributed by atoms with Gasteiger partial charge in [-0.05, 0) is 55.5 Å². The van der Waals surface area contributed by atoms with E-state index < -0.39 is 0 Å². The Morgan fingerprint density at radius 1 is 1.07 bits per heavy atom. The number of aromatic hydroxyl groups is 1. The van der Waals surface area contributed by atoms with Crippen molar-refractivity contribution in [3.8, 4) is 5.75 Å². The number of hydrogen-bond donors (Lipinski definition) is 2. The standard InChI is InChI=1S/C23H30N2O2.C2H6/c1-16-7-8-19-20(23(16)26)13-21(27-22(19)14-24)18-9-11-25(12-10-18)15-17-5-3-2-4-6-17;1-2/h2-8,18,21-22,26H,9-15,24H2,1H3;1-2H3. The summed E-state index contributed by atoms with van der Waals surface area (Å²) in [7, 11) is 0. The molecular weight excluding hydrogens is 360 g/mol. The molecule has 4 heteroatoms. The lowest BCUT2D eigenvalue weighted by Gasteiger charge is -2.40. The van der Waals surface area contributed by atoms with Crippen molar-refractivity contribution in [1.82, 2.24) is 4.90 Å². The summed E-state index contributed by atoms with van der Waals surface area (Å²) in [6, 6.07) is 14.7. The molecule has 2 aliphatic rings. The summed E-state index contributed by atoms with van der Waals surface area (Å²) in [6.07, 6.45) is 3.11. The second-order valence-corrected chi connectivity index (χ2v) is 8.00. The maximum absolute atomic E-state index is 10.6. The first-order valence-electron chi connectivity index (χ1n) is 11.1. The number of aryl methyl sites for hydroxylation is 1. The third-order valence-corrected chi connectivity index (χ3v) is 6.23. The van der Waals surface area contributed by atoms with Crippen LogP contribution < -0.4 is 5.73 Å². The van der Waals surface area contributed by atoms with Gasteiger partial charge in [0, 0.05) is 25.1 Å². The maximum Gasteiger partial charge on any atom is 0.122 e. The molecule has 4 rings (SSSR count). The van der Waals surface area contributed by atoms with E-state index in [4.69, 9.17) is 10.5 Å². The van der Waals surface area contributed by atoms with Gasteiger partial charge in [0.1, 0.15) is 5.75 Å². The summed E-state index contributed by atoms with van der Waals surface area (Å²) in [5, 5.41) is 10.6. The van der Waals surface area contributed by atoms with Crippen LogP contribution in [0, 0.1) is 12.8 Å². The van der Waals surface area contributed by atoms with Crippen molar-refractivity contribution in [1.29, 1.82) is 0 Å². The third-order valence-electron chi connectivity index (χ3n) is 6.23. The Hall–Kier alpha value is -1.88. The smallest absolute Gasteiger partial charge is 0.122 e. The van der Waals surface area contributed by atoms with Crippen molar-refractivity contribution in [3.63, 3.8) is 0 Å². The second-order valence-electron chi connectivity index (χ2n) is 8.00. The summed E-state index contributed by atoms with van der Waals surface area (Å²) in [5.41, 5.74) is 10.4. The lowest BCUT2D eigenvalue weighted by atomic mass is 9.83. The Bertz CT molecular complexity index is 770. The largest absolute Gasteiger partial charge is 0.507 e. The highest BCUT2D eigenvalue weighted by molar-refractivity contribution is 5.47. The van der Waals surface area contributed by atoms with Crippen molar-refractivity contribution in [2.24, 2.45) is 11.7 Å². The minimum Gasteiger partial charge on any atom is -0.507 e. The Kier molecular flexibility index (Phi) is 7.70. The average molecular weight is 397 g/mol. The van der Waals surface area contributed by atoms with Gasteiger partial charge in [0.05, 0.1) is 12.2 Å². The highest BCUT2D eigenvalue weighted by Crippen LogP contribution is 2.40. The lowest BCUT2D eigenvalue weighted by molar-refractivity contribution is -0.0651. The normalized spacial score (nSPS) is 22.5. The first-order chi connectivity index (χ1) is 14.2. The molecule has 4 nitrogen and oxygen atoms in total. The van der Waals surface area contributed by atoms with Gasteiger partial charge in [-0.25, -0.2) is 0 Å². The van der Waals surface area contributed by atoms with Crippen LogP contribution in [0.5, 0.6) is 5.75 Å². The van der Waals surface area contributed by atoms with E-state index in [-0.39, 0.29) is 12.2 Å². The van der Waals surface area contributed by atoms with Crippen LogP contribution in [0.3, 0.4) is 0 Å². The van der Waals surface area contributed by atoms with Gasteiger partial charge in [-0.3, -0.25) is 4.90 Å². The second kappa shape index (κ2) is 10.2. The number of phenolic OH excluding ortho intramolecular Hbond substituents is 1. The zero-order chi connectivity index (χ0) is 20.8. The predicted molar refractivity (Wildman–Crippen MR) is 119 cm³/mol. The molecule has 2 unspecified atom stereocenters. The van der Waals surface area contributed by atoms with E-state index in [0.717, 1.165) is 55.6 Å². The minimum absolute atomic E-state index is 0.104. The molecule has 0 amide bonds. The molecule has 1 saturated heterocycles. The van der Waals surface area contributed by atoms with Crippen LogP contribution >= 0.6 is 0 Å². The SMILES string of the molecule is CC.Cc1ccc2c(c1O)CC(C1CCN(Cc3ccccc3)CC1)OC2CN. The minimum atomic E-state index is -0.104. The number of hydrogen-bond acceptors (Lipinski definition) is 4. The number of fused-ring (bicyclic) bond motifs is 1. The molecule has 0 spiro atoms. The zero-order valence-corrected chi connectivity index (χ0v) is 18.1. The van der Waals surface area contributed by atoms with Crippen LogP contribution in [0.15, 0.2) is 42.5 Å². The van der Waals surface area contributed by atoms with Crippen molar-refractivity contribution < 1.29 is 9.84 Å². The molecule has 2 aliphatic heterocycles. The van der Waals surface area contributed by atoms with Crippen LogP contribution in [0.4, 0.5) is 0 Å². The highest BCUT2D eigenvalue weighted by atomic mass is 16.5. The van der Waals surface area contributed by atoms with Crippen LogP contribution in [0.1, 0.15) is 55.0 Å². The molecule has 2 atom stereocenters. The van der Waals surface area contributed by atoms with Crippen molar-refractivity contribution in [3.05, 3.63) is 64.7 Å². The number of benzene rings is 2. The van der Waals surface area contributed by atoms with Crippen LogP contribution in [-0.2, 0) is 17.7 Å². The highest BCUT2D eigenvalue weighted by Gasteiger charge is 2.35. The maximum atomic E-state index is 10.6. The first kappa shape index (κ1) is 21.8. The fourth-order valence-electron chi connectivity index (χ4n) is 4.60. The van der Waals surface area contributed by atoms with E-state index in [1.165, 1.54) is 5.56 Å². The van der Waals surface area contributed by atoms with Gasteiger partial charge in [-0.1, -0.05) is 56.3 Å². The van der Waals surface area contributed by atoms with Crippen molar-refractivity contribution in [2.45, 2.75) is 58.8 Å². The Morgan fingerprint density at radius 3 is 2.41 bits per heavy atom. The van der Waals surface area contributed by atoms with Gasteiger partial charge in [-0.15, -0.1) is 0 Å². The lowest BCUT2D eigenvalue weighted by Crippen LogP contribution is -2.41. The fraction of sp³-hybridized carbons (Fsp3) is 0.520. The topological polar surface area (TPSA) is 58.7 Å². The van der Waals surface area contributed by atoms with Gasteiger partial charge in [-0.2, -0.15) is 0 Å². The Morgan fingerprint density at radius 2 is 1.76 bits per heavy atom. The summed E-state index contributed by atoms with van der Waals surface area (Å²) < 4.78 is 6.40.